The van der Waals surface area contributed by atoms with E-state index in [1.807, 2.05) is 24.3 Å². The van der Waals surface area contributed by atoms with Crippen LogP contribution in [0.4, 0.5) is 5.69 Å². The zero-order valence-electron chi connectivity index (χ0n) is 10.3. The third kappa shape index (κ3) is 3.88. The maximum absolute atomic E-state index is 11.8. The molecule has 0 atom stereocenters. The standard InChI is InChI=1S/C15H21NO/c16-14-8-5-12(6-9-14)7-10-15(17)11-13-3-1-2-4-13/h5-6,8-9,13H,1-4,7,10-11,16H2. The van der Waals surface area contributed by atoms with Crippen LogP contribution in [-0.2, 0) is 11.2 Å². The van der Waals surface area contributed by atoms with E-state index >= 15 is 0 Å². The second-order valence-corrected chi connectivity index (χ2v) is 5.13. The maximum Gasteiger partial charge on any atom is 0.133 e. The molecule has 0 bridgehead atoms. The summed E-state index contributed by atoms with van der Waals surface area (Å²) in [6, 6.07) is 7.82. The number of nitrogens with two attached hydrogens (primary N) is 1. The molecule has 2 heteroatoms. The molecular weight excluding hydrogens is 210 g/mol. The van der Waals surface area contributed by atoms with E-state index in [9.17, 15) is 4.79 Å². The van der Waals surface area contributed by atoms with Crippen molar-refractivity contribution >= 4 is 11.5 Å². The Kier molecular flexibility index (Phi) is 4.18. The Balaban J connectivity index is 1.73. The van der Waals surface area contributed by atoms with Crippen LogP contribution in [-0.4, -0.2) is 5.78 Å². The summed E-state index contributed by atoms with van der Waals surface area (Å²) in [5, 5.41) is 0. The quantitative estimate of drug-likeness (QED) is 0.790. The van der Waals surface area contributed by atoms with Gasteiger partial charge >= 0.3 is 0 Å². The number of carbonyl (C=O) groups is 1. The molecule has 0 saturated heterocycles. The molecule has 2 nitrogen and oxygen atoms in total. The summed E-state index contributed by atoms with van der Waals surface area (Å²) in [5.74, 6) is 1.10. The number of ketones is 1. The maximum atomic E-state index is 11.8. The first-order valence-corrected chi connectivity index (χ1v) is 6.60. The molecule has 0 radical (unpaired) electrons. The molecule has 1 aromatic rings. The lowest BCUT2D eigenvalue weighted by atomic mass is 9.97. The van der Waals surface area contributed by atoms with Crippen molar-refractivity contribution in [2.75, 3.05) is 5.73 Å². The summed E-state index contributed by atoms with van der Waals surface area (Å²) in [4.78, 5) is 11.8. The van der Waals surface area contributed by atoms with Crippen LogP contribution in [0.25, 0.3) is 0 Å². The van der Waals surface area contributed by atoms with Crippen molar-refractivity contribution in [2.45, 2.75) is 44.9 Å². The lowest BCUT2D eigenvalue weighted by Crippen LogP contribution is -2.06. The Morgan fingerprint density at radius 2 is 1.82 bits per heavy atom. The van der Waals surface area contributed by atoms with E-state index in [-0.39, 0.29) is 0 Å². The molecule has 92 valence electrons. The van der Waals surface area contributed by atoms with Gasteiger partial charge in [0.15, 0.2) is 0 Å². The number of Topliss-reactive ketones (excluding diaryl/α,β-unsaturated/α-hetero) is 1. The van der Waals surface area contributed by atoms with Crippen LogP contribution in [0.15, 0.2) is 24.3 Å². The van der Waals surface area contributed by atoms with Gasteiger partial charge in [-0.3, -0.25) is 4.79 Å². The zero-order valence-corrected chi connectivity index (χ0v) is 10.3. The summed E-state index contributed by atoms with van der Waals surface area (Å²) in [7, 11) is 0. The number of benzene rings is 1. The molecule has 17 heavy (non-hydrogen) atoms. The van der Waals surface area contributed by atoms with Crippen LogP contribution in [0, 0.1) is 5.92 Å². The van der Waals surface area contributed by atoms with Crippen molar-refractivity contribution in [1.82, 2.24) is 0 Å². The molecule has 2 N–H and O–H groups in total. The number of hydrogen-bond acceptors (Lipinski definition) is 2. The molecule has 1 aliphatic carbocycles. The zero-order chi connectivity index (χ0) is 12.1. The topological polar surface area (TPSA) is 43.1 Å². The van der Waals surface area contributed by atoms with Gasteiger partial charge in [0.2, 0.25) is 0 Å². The molecule has 2 rings (SSSR count). The first-order chi connectivity index (χ1) is 8.24. The highest BCUT2D eigenvalue weighted by Crippen LogP contribution is 2.28. The Morgan fingerprint density at radius 3 is 2.47 bits per heavy atom. The van der Waals surface area contributed by atoms with Crippen LogP contribution in [0.1, 0.15) is 44.1 Å². The van der Waals surface area contributed by atoms with Gasteiger partial charge in [0.25, 0.3) is 0 Å². The van der Waals surface area contributed by atoms with E-state index in [0.29, 0.717) is 18.1 Å². The third-order valence-corrected chi connectivity index (χ3v) is 3.66. The summed E-state index contributed by atoms with van der Waals surface area (Å²) < 4.78 is 0. The SMILES string of the molecule is Nc1ccc(CCC(=O)CC2CCCC2)cc1. The van der Waals surface area contributed by atoms with E-state index in [4.69, 9.17) is 5.73 Å². The van der Waals surface area contributed by atoms with Gasteiger partial charge in [-0.05, 0) is 30.0 Å². The number of nitrogen functional groups attached to an aromatic ring is 1. The number of aryl methyl sites for hydroxylation is 1. The van der Waals surface area contributed by atoms with E-state index in [2.05, 4.69) is 0 Å². The lowest BCUT2D eigenvalue weighted by molar-refractivity contribution is -0.119. The molecule has 0 heterocycles. The summed E-state index contributed by atoms with van der Waals surface area (Å²) in [6.45, 7) is 0. The van der Waals surface area contributed by atoms with E-state index in [1.165, 1.54) is 31.2 Å². The van der Waals surface area contributed by atoms with Crippen molar-refractivity contribution < 1.29 is 4.79 Å². The molecule has 1 fully saturated rings. The van der Waals surface area contributed by atoms with Gasteiger partial charge in [-0.25, -0.2) is 0 Å². The number of rotatable bonds is 5. The number of hydrogen-bond donors (Lipinski definition) is 1. The molecule has 0 aliphatic heterocycles. The van der Waals surface area contributed by atoms with Gasteiger partial charge in [0, 0.05) is 18.5 Å². The highest BCUT2D eigenvalue weighted by atomic mass is 16.1. The molecular formula is C15H21NO. The van der Waals surface area contributed by atoms with Crippen LogP contribution < -0.4 is 5.73 Å². The largest absolute Gasteiger partial charge is 0.399 e. The van der Waals surface area contributed by atoms with Gasteiger partial charge in [0.05, 0.1) is 0 Å². The predicted octanol–water partition coefficient (Wildman–Crippen LogP) is 3.35. The minimum absolute atomic E-state index is 0.425. The average Bonchev–Trinajstić information content (AvgIpc) is 2.81. The van der Waals surface area contributed by atoms with Gasteiger partial charge in [-0.1, -0.05) is 37.8 Å². The Hall–Kier alpha value is -1.31. The highest BCUT2D eigenvalue weighted by molar-refractivity contribution is 5.78. The molecule has 1 saturated carbocycles. The molecule has 1 aromatic carbocycles. The number of anilines is 1. The van der Waals surface area contributed by atoms with Crippen LogP contribution in [0.3, 0.4) is 0 Å². The van der Waals surface area contributed by atoms with Crippen LogP contribution in [0.2, 0.25) is 0 Å². The first-order valence-electron chi connectivity index (χ1n) is 6.60. The van der Waals surface area contributed by atoms with Gasteiger partial charge < -0.3 is 5.73 Å². The van der Waals surface area contributed by atoms with Crippen molar-refractivity contribution in [2.24, 2.45) is 5.92 Å². The smallest absolute Gasteiger partial charge is 0.133 e. The summed E-state index contributed by atoms with van der Waals surface area (Å²) in [5.41, 5.74) is 7.62. The summed E-state index contributed by atoms with van der Waals surface area (Å²) in [6.07, 6.45) is 7.48. The van der Waals surface area contributed by atoms with Gasteiger partial charge in [-0.15, -0.1) is 0 Å². The average molecular weight is 231 g/mol. The molecule has 0 amide bonds. The molecule has 0 unspecified atom stereocenters. The Labute approximate surface area is 103 Å². The second-order valence-electron chi connectivity index (χ2n) is 5.13. The van der Waals surface area contributed by atoms with Crippen molar-refractivity contribution in [1.29, 1.82) is 0 Å². The van der Waals surface area contributed by atoms with Crippen molar-refractivity contribution in [3.8, 4) is 0 Å². The van der Waals surface area contributed by atoms with Gasteiger partial charge in [-0.2, -0.15) is 0 Å². The predicted molar refractivity (Wildman–Crippen MR) is 70.8 cm³/mol. The normalized spacial score (nSPS) is 16.2. The Morgan fingerprint density at radius 1 is 1.18 bits per heavy atom. The Bertz CT molecular complexity index is 363. The third-order valence-electron chi connectivity index (χ3n) is 3.66. The fourth-order valence-electron chi connectivity index (χ4n) is 2.61. The fourth-order valence-corrected chi connectivity index (χ4v) is 2.61. The van der Waals surface area contributed by atoms with Crippen molar-refractivity contribution in [3.05, 3.63) is 29.8 Å². The molecule has 0 spiro atoms. The molecule has 0 aromatic heterocycles. The monoisotopic (exact) mass is 231 g/mol. The minimum atomic E-state index is 0.425. The number of carbonyl (C=O) groups excluding carboxylic acids is 1. The first kappa shape index (κ1) is 12.2. The lowest BCUT2D eigenvalue weighted by Gasteiger charge is -2.07. The van der Waals surface area contributed by atoms with E-state index in [0.717, 1.165) is 18.5 Å². The van der Waals surface area contributed by atoms with E-state index < -0.39 is 0 Å². The van der Waals surface area contributed by atoms with Gasteiger partial charge in [0.1, 0.15) is 5.78 Å². The van der Waals surface area contributed by atoms with Crippen molar-refractivity contribution in [3.63, 3.8) is 0 Å². The second kappa shape index (κ2) is 5.85. The highest BCUT2D eigenvalue weighted by Gasteiger charge is 2.17. The minimum Gasteiger partial charge on any atom is -0.399 e. The van der Waals surface area contributed by atoms with E-state index in [1.54, 1.807) is 0 Å². The molecule has 1 aliphatic rings. The van der Waals surface area contributed by atoms with Crippen LogP contribution >= 0.6 is 0 Å². The fraction of sp³-hybridized carbons (Fsp3) is 0.533. The summed E-state index contributed by atoms with van der Waals surface area (Å²) >= 11 is 0. The van der Waals surface area contributed by atoms with Crippen LogP contribution in [0.5, 0.6) is 0 Å².